The van der Waals surface area contributed by atoms with Crippen LogP contribution in [-0.2, 0) is 17.8 Å². The SMILES string of the molecule is CCNC(=O)Nc1cc2cccc(Nc3cccc(CC(=O)NCc4ccccc4)c3)c2cn1. The molecule has 0 saturated carbocycles. The highest BCUT2D eigenvalue weighted by Gasteiger charge is 2.08. The summed E-state index contributed by atoms with van der Waals surface area (Å²) in [5.74, 6) is 0.460. The maximum Gasteiger partial charge on any atom is 0.320 e. The molecule has 3 aromatic carbocycles. The fourth-order valence-electron chi connectivity index (χ4n) is 3.63. The first-order valence-electron chi connectivity index (χ1n) is 11.2. The zero-order valence-corrected chi connectivity index (χ0v) is 19.0. The highest BCUT2D eigenvalue weighted by Crippen LogP contribution is 2.27. The van der Waals surface area contributed by atoms with Crippen molar-refractivity contribution in [3.63, 3.8) is 0 Å². The van der Waals surface area contributed by atoms with E-state index in [0.717, 1.165) is 33.3 Å². The Labute approximate surface area is 198 Å². The molecule has 0 unspecified atom stereocenters. The summed E-state index contributed by atoms with van der Waals surface area (Å²) in [6.07, 6.45) is 2.04. The third kappa shape index (κ3) is 6.10. The zero-order chi connectivity index (χ0) is 23.8. The van der Waals surface area contributed by atoms with Gasteiger partial charge in [-0.15, -0.1) is 0 Å². The van der Waals surface area contributed by atoms with E-state index in [9.17, 15) is 9.59 Å². The number of benzene rings is 3. The summed E-state index contributed by atoms with van der Waals surface area (Å²) >= 11 is 0. The van der Waals surface area contributed by atoms with Crippen LogP contribution >= 0.6 is 0 Å². The molecule has 7 nitrogen and oxygen atoms in total. The normalized spacial score (nSPS) is 10.5. The maximum atomic E-state index is 12.4. The van der Waals surface area contributed by atoms with Crippen molar-refractivity contribution in [1.82, 2.24) is 15.6 Å². The quantitative estimate of drug-likeness (QED) is 0.303. The van der Waals surface area contributed by atoms with Gasteiger partial charge in [0.1, 0.15) is 5.82 Å². The fourth-order valence-corrected chi connectivity index (χ4v) is 3.63. The van der Waals surface area contributed by atoms with Gasteiger partial charge >= 0.3 is 6.03 Å². The number of rotatable bonds is 8. The largest absolute Gasteiger partial charge is 0.355 e. The number of pyridine rings is 1. The fraction of sp³-hybridized carbons (Fsp3) is 0.148. The molecule has 34 heavy (non-hydrogen) atoms. The number of anilines is 3. The van der Waals surface area contributed by atoms with E-state index in [4.69, 9.17) is 0 Å². The van der Waals surface area contributed by atoms with Crippen LogP contribution in [-0.4, -0.2) is 23.5 Å². The van der Waals surface area contributed by atoms with Gasteiger partial charge in [0, 0.05) is 36.0 Å². The molecule has 0 radical (unpaired) electrons. The summed E-state index contributed by atoms with van der Waals surface area (Å²) < 4.78 is 0. The molecule has 0 atom stereocenters. The smallest absolute Gasteiger partial charge is 0.320 e. The third-order valence-electron chi connectivity index (χ3n) is 5.25. The minimum Gasteiger partial charge on any atom is -0.355 e. The topological polar surface area (TPSA) is 95.2 Å². The van der Waals surface area contributed by atoms with Crippen LogP contribution in [0.15, 0.2) is 85.1 Å². The molecular formula is C27H27N5O2. The monoisotopic (exact) mass is 453 g/mol. The standard InChI is InChI=1S/C27H27N5O2/c1-2-28-27(34)32-25-16-21-11-7-13-24(23(21)18-29-25)31-22-12-6-10-20(14-22)15-26(33)30-17-19-8-4-3-5-9-19/h3-14,16,18,31H,2,15,17H2,1H3,(H,30,33)(H2,28,29,32,34). The van der Waals surface area contributed by atoms with Crippen molar-refractivity contribution in [1.29, 1.82) is 0 Å². The number of carbonyl (C=O) groups is 2. The average Bonchev–Trinajstić information content (AvgIpc) is 2.84. The predicted molar refractivity (Wildman–Crippen MR) is 136 cm³/mol. The molecule has 1 aromatic heterocycles. The number of hydrogen-bond acceptors (Lipinski definition) is 4. The van der Waals surface area contributed by atoms with Gasteiger partial charge in [0.25, 0.3) is 0 Å². The first kappa shape index (κ1) is 22.8. The zero-order valence-electron chi connectivity index (χ0n) is 19.0. The Kier molecular flexibility index (Phi) is 7.35. The number of amides is 3. The number of urea groups is 1. The summed E-state index contributed by atoms with van der Waals surface area (Å²) in [5.41, 5.74) is 3.76. The second-order valence-corrected chi connectivity index (χ2v) is 7.85. The Morgan fingerprint density at radius 3 is 2.47 bits per heavy atom. The van der Waals surface area contributed by atoms with Crippen molar-refractivity contribution in [2.75, 3.05) is 17.2 Å². The van der Waals surface area contributed by atoms with Gasteiger partial charge < -0.3 is 16.0 Å². The number of fused-ring (bicyclic) bond motifs is 1. The minimum absolute atomic E-state index is 0.0255. The van der Waals surface area contributed by atoms with Gasteiger partial charge in [-0.25, -0.2) is 9.78 Å². The van der Waals surface area contributed by atoms with E-state index in [-0.39, 0.29) is 11.9 Å². The van der Waals surface area contributed by atoms with Crippen LogP contribution in [0.1, 0.15) is 18.1 Å². The van der Waals surface area contributed by atoms with Gasteiger partial charge in [0.2, 0.25) is 5.91 Å². The van der Waals surface area contributed by atoms with E-state index in [0.29, 0.717) is 25.3 Å². The van der Waals surface area contributed by atoms with Crippen LogP contribution < -0.4 is 21.3 Å². The summed E-state index contributed by atoms with van der Waals surface area (Å²) in [6.45, 7) is 2.91. The van der Waals surface area contributed by atoms with Crippen LogP contribution in [0.3, 0.4) is 0 Å². The van der Waals surface area contributed by atoms with E-state index < -0.39 is 0 Å². The van der Waals surface area contributed by atoms with Gasteiger partial charge in [-0.05, 0) is 47.7 Å². The van der Waals surface area contributed by atoms with E-state index in [2.05, 4.69) is 26.3 Å². The molecule has 4 rings (SSSR count). The molecule has 0 aliphatic heterocycles. The Bertz CT molecular complexity index is 1290. The van der Waals surface area contributed by atoms with E-state index in [1.807, 2.05) is 85.8 Å². The van der Waals surface area contributed by atoms with Crippen molar-refractivity contribution in [3.8, 4) is 0 Å². The van der Waals surface area contributed by atoms with Crippen molar-refractivity contribution >= 4 is 39.9 Å². The molecule has 0 bridgehead atoms. The van der Waals surface area contributed by atoms with Crippen molar-refractivity contribution in [3.05, 3.63) is 96.2 Å². The Hall–Kier alpha value is -4.39. The van der Waals surface area contributed by atoms with Crippen LogP contribution in [0.4, 0.5) is 22.0 Å². The van der Waals surface area contributed by atoms with Crippen LogP contribution in [0.25, 0.3) is 10.8 Å². The van der Waals surface area contributed by atoms with Gasteiger partial charge in [-0.3, -0.25) is 10.1 Å². The molecule has 1 heterocycles. The Balaban J connectivity index is 1.43. The van der Waals surface area contributed by atoms with Gasteiger partial charge in [-0.1, -0.05) is 54.6 Å². The highest BCUT2D eigenvalue weighted by atomic mass is 16.2. The third-order valence-corrected chi connectivity index (χ3v) is 5.25. The Morgan fingerprint density at radius 2 is 1.65 bits per heavy atom. The molecule has 0 spiro atoms. The molecule has 3 amide bonds. The summed E-state index contributed by atoms with van der Waals surface area (Å²) in [5, 5.41) is 13.7. The summed E-state index contributed by atoms with van der Waals surface area (Å²) in [7, 11) is 0. The van der Waals surface area contributed by atoms with E-state index >= 15 is 0 Å². The minimum atomic E-state index is -0.284. The van der Waals surface area contributed by atoms with Crippen LogP contribution in [0.2, 0.25) is 0 Å². The summed E-state index contributed by atoms with van der Waals surface area (Å²) in [4.78, 5) is 28.5. The molecule has 4 N–H and O–H groups in total. The van der Waals surface area contributed by atoms with Crippen molar-refractivity contribution in [2.45, 2.75) is 19.9 Å². The molecule has 4 aromatic rings. The van der Waals surface area contributed by atoms with Crippen molar-refractivity contribution in [2.24, 2.45) is 0 Å². The molecule has 0 aliphatic rings. The number of nitrogens with one attached hydrogen (secondary N) is 4. The highest BCUT2D eigenvalue weighted by molar-refractivity contribution is 5.97. The van der Waals surface area contributed by atoms with Gasteiger partial charge in [-0.2, -0.15) is 0 Å². The molecule has 7 heteroatoms. The van der Waals surface area contributed by atoms with Crippen LogP contribution in [0, 0.1) is 0 Å². The van der Waals surface area contributed by atoms with Gasteiger partial charge in [0.15, 0.2) is 0 Å². The number of carbonyl (C=O) groups excluding carboxylic acids is 2. The molecule has 172 valence electrons. The van der Waals surface area contributed by atoms with E-state index in [1.165, 1.54) is 0 Å². The second kappa shape index (κ2) is 11.0. The van der Waals surface area contributed by atoms with Crippen molar-refractivity contribution < 1.29 is 9.59 Å². The van der Waals surface area contributed by atoms with Gasteiger partial charge in [0.05, 0.1) is 6.42 Å². The number of hydrogen-bond donors (Lipinski definition) is 4. The average molecular weight is 454 g/mol. The number of nitrogens with zero attached hydrogens (tertiary/aromatic N) is 1. The maximum absolute atomic E-state index is 12.4. The predicted octanol–water partition coefficient (Wildman–Crippen LogP) is 4.98. The second-order valence-electron chi connectivity index (χ2n) is 7.85. The first-order chi connectivity index (χ1) is 16.6. The number of aromatic nitrogens is 1. The summed E-state index contributed by atoms with van der Waals surface area (Å²) in [6, 6.07) is 25.1. The molecule has 0 aliphatic carbocycles. The first-order valence-corrected chi connectivity index (χ1v) is 11.2. The lowest BCUT2D eigenvalue weighted by atomic mass is 10.1. The molecule has 0 fully saturated rings. The molecule has 0 saturated heterocycles. The Morgan fingerprint density at radius 1 is 0.853 bits per heavy atom. The lowest BCUT2D eigenvalue weighted by molar-refractivity contribution is -0.120. The van der Waals surface area contributed by atoms with E-state index in [1.54, 1.807) is 6.20 Å². The lowest BCUT2D eigenvalue weighted by Gasteiger charge is -2.12. The van der Waals surface area contributed by atoms with Crippen LogP contribution in [0.5, 0.6) is 0 Å². The molecular weight excluding hydrogens is 426 g/mol. The lowest BCUT2D eigenvalue weighted by Crippen LogP contribution is -2.28.